The third kappa shape index (κ3) is 3.22. The molecule has 0 heterocycles. The molecule has 0 fully saturated rings. The molecule has 0 spiro atoms. The van der Waals surface area contributed by atoms with Crippen molar-refractivity contribution in [2.24, 2.45) is 0 Å². The molecule has 3 nitrogen and oxygen atoms in total. The van der Waals surface area contributed by atoms with E-state index < -0.39 is 32.3 Å². The summed E-state index contributed by atoms with van der Waals surface area (Å²) in [6.45, 7) is 0. The molecule has 1 aromatic carbocycles. The number of nitrogens with two attached hydrogens (primary N) is 1. The second-order valence-corrected chi connectivity index (χ2v) is 5.66. The molecular formula is C8H8F5NO2S. The number of carbonyl (C=O) groups excluding carboxylic acids is 1. The lowest BCUT2D eigenvalue weighted by molar-refractivity contribution is 0.0600. The maximum atomic E-state index is 12.5. The quantitative estimate of drug-likeness (QED) is 0.509. The minimum Gasteiger partial charge on any atom is -0.465 e. The summed E-state index contributed by atoms with van der Waals surface area (Å²) in [4.78, 5) is 8.76. The van der Waals surface area contributed by atoms with E-state index in [9.17, 15) is 24.2 Å². The van der Waals surface area contributed by atoms with Crippen molar-refractivity contribution in [2.45, 2.75) is 4.90 Å². The highest BCUT2D eigenvalue weighted by atomic mass is 32.5. The van der Waals surface area contributed by atoms with Gasteiger partial charge in [0.05, 0.1) is 12.7 Å². The minimum absolute atomic E-state index is 0.0176. The molecule has 0 atom stereocenters. The van der Waals surface area contributed by atoms with Crippen molar-refractivity contribution in [1.82, 2.24) is 0 Å². The predicted molar refractivity (Wildman–Crippen MR) is 53.6 cm³/mol. The summed E-state index contributed by atoms with van der Waals surface area (Å²) in [7, 11) is -8.94. The molecule has 0 aliphatic rings. The first-order valence-electron chi connectivity index (χ1n) is 4.06. The Morgan fingerprint density at radius 3 is 2.12 bits per heavy atom. The van der Waals surface area contributed by atoms with E-state index in [-0.39, 0.29) is 12.1 Å². The van der Waals surface area contributed by atoms with E-state index in [2.05, 4.69) is 4.74 Å². The second-order valence-electron chi connectivity index (χ2n) is 3.25. The maximum absolute atomic E-state index is 12.5. The summed E-state index contributed by atoms with van der Waals surface area (Å²) >= 11 is 0. The smallest absolute Gasteiger partial charge is 0.337 e. The molecule has 0 bridgehead atoms. The molecule has 98 valence electrons. The molecule has 0 aromatic heterocycles. The van der Waals surface area contributed by atoms with Crippen LogP contribution in [0.5, 0.6) is 0 Å². The normalized spacial score (nSPS) is 15.9. The van der Waals surface area contributed by atoms with Crippen LogP contribution < -0.4 is 5.73 Å². The van der Waals surface area contributed by atoms with Crippen molar-refractivity contribution in [3.63, 3.8) is 0 Å². The topological polar surface area (TPSA) is 52.3 Å². The number of hydrogen-bond acceptors (Lipinski definition) is 3. The first-order valence-corrected chi connectivity index (χ1v) is 6.01. The zero-order valence-electron chi connectivity index (χ0n) is 8.42. The number of carbonyl (C=O) groups is 1. The first kappa shape index (κ1) is 13.6. The molecule has 1 aromatic rings. The van der Waals surface area contributed by atoms with Crippen molar-refractivity contribution in [2.75, 3.05) is 12.8 Å². The van der Waals surface area contributed by atoms with Crippen molar-refractivity contribution in [3.8, 4) is 0 Å². The zero-order chi connectivity index (χ0) is 13.5. The van der Waals surface area contributed by atoms with Crippen LogP contribution in [-0.2, 0) is 4.74 Å². The van der Waals surface area contributed by atoms with E-state index in [1.165, 1.54) is 0 Å². The lowest BCUT2D eigenvalue weighted by Crippen LogP contribution is -2.10. The van der Waals surface area contributed by atoms with Gasteiger partial charge in [0.2, 0.25) is 0 Å². The lowest BCUT2D eigenvalue weighted by Gasteiger charge is -2.40. The van der Waals surface area contributed by atoms with Crippen LogP contribution in [0, 0.1) is 0 Å². The monoisotopic (exact) mass is 277 g/mol. The largest absolute Gasteiger partial charge is 0.465 e. The number of esters is 1. The van der Waals surface area contributed by atoms with E-state index in [4.69, 9.17) is 5.73 Å². The molecular weight excluding hydrogens is 269 g/mol. The molecule has 0 radical (unpaired) electrons. The number of methoxy groups -OCH3 is 1. The van der Waals surface area contributed by atoms with Gasteiger partial charge in [-0.2, -0.15) is 0 Å². The molecule has 9 heteroatoms. The summed E-state index contributed by atoms with van der Waals surface area (Å²) in [6.07, 6.45) is 0. The van der Waals surface area contributed by atoms with Crippen LogP contribution in [0.4, 0.5) is 25.1 Å². The third-order valence-electron chi connectivity index (χ3n) is 1.80. The van der Waals surface area contributed by atoms with Crippen molar-refractivity contribution < 1.29 is 29.0 Å². The fourth-order valence-corrected chi connectivity index (χ4v) is 1.79. The van der Waals surface area contributed by atoms with Crippen LogP contribution in [0.15, 0.2) is 23.1 Å². The van der Waals surface area contributed by atoms with Gasteiger partial charge in [-0.25, -0.2) is 4.79 Å². The summed E-state index contributed by atoms with van der Waals surface area (Å²) < 4.78 is 66.5. The molecule has 0 saturated carbocycles. The third-order valence-corrected chi connectivity index (χ3v) is 2.92. The summed E-state index contributed by atoms with van der Waals surface area (Å²) in [5, 5.41) is 0. The van der Waals surface area contributed by atoms with Crippen LogP contribution in [0.2, 0.25) is 0 Å². The van der Waals surface area contributed by atoms with Gasteiger partial charge >= 0.3 is 16.2 Å². The van der Waals surface area contributed by atoms with Crippen LogP contribution >= 0.6 is 10.2 Å². The number of nitrogen functional groups attached to an aromatic ring is 1. The zero-order valence-corrected chi connectivity index (χ0v) is 9.24. The number of hydrogen-bond donors (Lipinski definition) is 1. The summed E-state index contributed by atoms with van der Waals surface area (Å²) in [5.74, 6) is -1.18. The average Bonchev–Trinajstić information content (AvgIpc) is 2.12. The molecule has 17 heavy (non-hydrogen) atoms. The lowest BCUT2D eigenvalue weighted by atomic mass is 10.2. The standard InChI is InChI=1S/C8H8F5NO2S/c1-16-8(15)5-2-6(14)4-7(3-5)17(9,10,11,12)13/h2-4H,14H2,1H3. The molecule has 0 unspecified atom stereocenters. The molecule has 0 saturated heterocycles. The van der Waals surface area contributed by atoms with Gasteiger partial charge in [0.15, 0.2) is 0 Å². The fourth-order valence-electron chi connectivity index (χ4n) is 1.08. The summed E-state index contributed by atoms with van der Waals surface area (Å²) in [5.41, 5.74) is 3.76. The van der Waals surface area contributed by atoms with E-state index in [0.29, 0.717) is 0 Å². The Balaban J connectivity index is 3.50. The number of ether oxygens (including phenoxy) is 1. The van der Waals surface area contributed by atoms with Gasteiger partial charge in [0.25, 0.3) is 0 Å². The van der Waals surface area contributed by atoms with E-state index >= 15 is 0 Å². The van der Waals surface area contributed by atoms with Crippen LogP contribution in [0.3, 0.4) is 0 Å². The summed E-state index contributed by atoms with van der Waals surface area (Å²) in [6, 6.07) is 0.913. The number of benzene rings is 1. The van der Waals surface area contributed by atoms with E-state index in [0.717, 1.165) is 13.2 Å². The van der Waals surface area contributed by atoms with Crippen LogP contribution in [-0.4, -0.2) is 13.1 Å². The molecule has 1 rings (SSSR count). The number of anilines is 1. The fraction of sp³-hybridized carbons (Fsp3) is 0.125. The van der Waals surface area contributed by atoms with Gasteiger partial charge in [0, 0.05) is 5.69 Å². The number of halogens is 5. The minimum atomic E-state index is -9.85. The first-order chi connectivity index (χ1) is 7.33. The Bertz CT molecular complexity index is 484. The Labute approximate surface area is 93.1 Å². The predicted octanol–water partition coefficient (Wildman–Crippen LogP) is 3.71. The highest BCUT2D eigenvalue weighted by Crippen LogP contribution is 3.02. The van der Waals surface area contributed by atoms with Gasteiger partial charge < -0.3 is 10.5 Å². The maximum Gasteiger partial charge on any atom is 0.337 e. The van der Waals surface area contributed by atoms with Gasteiger partial charge in [-0.1, -0.05) is 19.4 Å². The van der Waals surface area contributed by atoms with Crippen LogP contribution in [0.1, 0.15) is 10.4 Å². The average molecular weight is 277 g/mol. The Morgan fingerprint density at radius 1 is 1.18 bits per heavy atom. The molecule has 2 N–H and O–H groups in total. The molecule has 0 aliphatic heterocycles. The molecule has 0 aliphatic carbocycles. The second kappa shape index (κ2) is 3.03. The Hall–Kier alpha value is -1.51. The van der Waals surface area contributed by atoms with E-state index in [1.54, 1.807) is 0 Å². The van der Waals surface area contributed by atoms with Crippen molar-refractivity contribution >= 4 is 21.9 Å². The van der Waals surface area contributed by atoms with Gasteiger partial charge in [0.1, 0.15) is 4.90 Å². The van der Waals surface area contributed by atoms with Crippen molar-refractivity contribution in [1.29, 1.82) is 0 Å². The van der Waals surface area contributed by atoms with Gasteiger partial charge in [-0.15, -0.1) is 0 Å². The van der Waals surface area contributed by atoms with Gasteiger partial charge in [-0.05, 0) is 18.2 Å². The van der Waals surface area contributed by atoms with Gasteiger partial charge in [-0.3, -0.25) is 0 Å². The van der Waals surface area contributed by atoms with Crippen molar-refractivity contribution in [3.05, 3.63) is 23.8 Å². The molecule has 0 amide bonds. The SMILES string of the molecule is COC(=O)c1cc(N)cc(S(F)(F)(F)(F)F)c1. The van der Waals surface area contributed by atoms with Crippen LogP contribution in [0.25, 0.3) is 0 Å². The number of rotatable bonds is 2. The Morgan fingerprint density at radius 2 is 1.71 bits per heavy atom. The highest BCUT2D eigenvalue weighted by Gasteiger charge is 2.65. The van der Waals surface area contributed by atoms with E-state index in [1.807, 2.05) is 0 Å². The highest BCUT2D eigenvalue weighted by molar-refractivity contribution is 8.45. The Kier molecular flexibility index (Phi) is 2.42.